The normalized spacial score (nSPS) is 19.3. The van der Waals surface area contributed by atoms with E-state index in [-0.39, 0.29) is 30.9 Å². The van der Waals surface area contributed by atoms with Crippen molar-refractivity contribution in [1.29, 1.82) is 0 Å². The van der Waals surface area contributed by atoms with Gasteiger partial charge in [-0.05, 0) is 26.3 Å². The highest BCUT2D eigenvalue weighted by atomic mass is 16.6. The number of nitrogens with zero attached hydrogens (tertiary/aromatic N) is 3. The lowest BCUT2D eigenvalue weighted by molar-refractivity contribution is -0.384. The van der Waals surface area contributed by atoms with Gasteiger partial charge in [0.15, 0.2) is 0 Å². The third-order valence-corrected chi connectivity index (χ3v) is 4.18. The number of esters is 1. The molecule has 0 radical (unpaired) electrons. The van der Waals surface area contributed by atoms with Crippen LogP contribution in [-0.4, -0.2) is 70.2 Å². The van der Waals surface area contributed by atoms with E-state index in [4.69, 9.17) is 4.74 Å². The van der Waals surface area contributed by atoms with Crippen LogP contribution in [0.2, 0.25) is 0 Å². The van der Waals surface area contributed by atoms with E-state index in [1.165, 1.54) is 6.07 Å². The molecule has 0 amide bonds. The molecule has 1 aromatic rings. The molecule has 1 aliphatic rings. The van der Waals surface area contributed by atoms with Crippen LogP contribution >= 0.6 is 0 Å². The highest BCUT2D eigenvalue weighted by molar-refractivity contribution is 5.72. The standard InChI is InChI=1S/C18H27N3O5/c1-18(2,3)26-17(23)12-19-7-8-20(16(11-19)13-22)10-14-5-4-6-15(9-14)21(24)25/h4-6,9,16,22H,7-8,10-13H2,1-3H3. The fraction of sp³-hybridized carbons (Fsp3) is 0.611. The van der Waals surface area contributed by atoms with Crippen LogP contribution < -0.4 is 0 Å². The second-order valence-corrected chi connectivity index (χ2v) is 7.56. The zero-order valence-corrected chi connectivity index (χ0v) is 15.6. The molecular weight excluding hydrogens is 338 g/mol. The molecular formula is C18H27N3O5. The minimum atomic E-state index is -0.517. The number of ether oxygens (including phenoxy) is 1. The minimum absolute atomic E-state index is 0.0419. The third-order valence-electron chi connectivity index (χ3n) is 4.18. The van der Waals surface area contributed by atoms with Crippen molar-refractivity contribution in [1.82, 2.24) is 9.80 Å². The lowest BCUT2D eigenvalue weighted by Crippen LogP contribution is -2.55. The number of non-ortho nitro benzene ring substituents is 1. The molecule has 26 heavy (non-hydrogen) atoms. The zero-order chi connectivity index (χ0) is 19.3. The number of carbonyl (C=O) groups is 1. The maximum atomic E-state index is 12.0. The second kappa shape index (κ2) is 8.57. The maximum Gasteiger partial charge on any atom is 0.320 e. The molecule has 1 fully saturated rings. The summed E-state index contributed by atoms with van der Waals surface area (Å²) in [5, 5.41) is 20.6. The van der Waals surface area contributed by atoms with E-state index < -0.39 is 10.5 Å². The monoisotopic (exact) mass is 365 g/mol. The molecule has 0 aromatic heterocycles. The summed E-state index contributed by atoms with van der Waals surface area (Å²) in [6.07, 6.45) is 0. The summed E-state index contributed by atoms with van der Waals surface area (Å²) in [5.41, 5.74) is 0.377. The molecule has 1 aliphatic heterocycles. The SMILES string of the molecule is CC(C)(C)OC(=O)CN1CCN(Cc2cccc([N+](=O)[O-])c2)C(CO)C1. The molecule has 1 N–H and O–H groups in total. The topological polar surface area (TPSA) is 96.2 Å². The summed E-state index contributed by atoms with van der Waals surface area (Å²) < 4.78 is 5.35. The summed E-state index contributed by atoms with van der Waals surface area (Å²) in [4.78, 5) is 26.6. The van der Waals surface area contributed by atoms with Gasteiger partial charge in [-0.1, -0.05) is 12.1 Å². The Bertz CT molecular complexity index is 644. The molecule has 1 aromatic carbocycles. The van der Waals surface area contributed by atoms with Crippen molar-refractivity contribution in [3.63, 3.8) is 0 Å². The van der Waals surface area contributed by atoms with Crippen LogP contribution in [0.1, 0.15) is 26.3 Å². The van der Waals surface area contributed by atoms with Crippen LogP contribution in [0, 0.1) is 10.1 Å². The lowest BCUT2D eigenvalue weighted by atomic mass is 10.1. The van der Waals surface area contributed by atoms with Gasteiger partial charge in [0.2, 0.25) is 0 Å². The highest BCUT2D eigenvalue weighted by Gasteiger charge is 2.29. The van der Waals surface area contributed by atoms with Gasteiger partial charge in [-0.3, -0.25) is 24.7 Å². The van der Waals surface area contributed by atoms with E-state index in [0.29, 0.717) is 26.2 Å². The molecule has 144 valence electrons. The van der Waals surface area contributed by atoms with Crippen molar-refractivity contribution in [2.45, 2.75) is 39.0 Å². The average molecular weight is 365 g/mol. The van der Waals surface area contributed by atoms with Gasteiger partial charge in [-0.15, -0.1) is 0 Å². The van der Waals surface area contributed by atoms with E-state index in [1.807, 2.05) is 31.7 Å². The second-order valence-electron chi connectivity index (χ2n) is 7.56. The van der Waals surface area contributed by atoms with Crippen molar-refractivity contribution in [3.8, 4) is 0 Å². The van der Waals surface area contributed by atoms with Crippen molar-refractivity contribution in [3.05, 3.63) is 39.9 Å². The molecule has 0 aliphatic carbocycles. The minimum Gasteiger partial charge on any atom is -0.459 e. The first-order valence-corrected chi connectivity index (χ1v) is 8.70. The van der Waals surface area contributed by atoms with Gasteiger partial charge in [-0.25, -0.2) is 0 Å². The number of aliphatic hydroxyl groups excluding tert-OH is 1. The highest BCUT2D eigenvalue weighted by Crippen LogP contribution is 2.18. The Balaban J connectivity index is 1.94. The number of nitro groups is 1. The van der Waals surface area contributed by atoms with E-state index in [1.54, 1.807) is 12.1 Å². The molecule has 0 saturated carbocycles. The van der Waals surface area contributed by atoms with Crippen LogP contribution in [0.15, 0.2) is 24.3 Å². The Kier molecular flexibility index (Phi) is 6.69. The molecule has 2 rings (SSSR count). The molecule has 8 nitrogen and oxygen atoms in total. The fourth-order valence-electron chi connectivity index (χ4n) is 3.04. The molecule has 1 atom stereocenters. The molecule has 0 spiro atoms. The molecule has 1 heterocycles. The van der Waals surface area contributed by atoms with Gasteiger partial charge in [0.1, 0.15) is 5.60 Å². The van der Waals surface area contributed by atoms with Crippen LogP contribution in [0.25, 0.3) is 0 Å². The van der Waals surface area contributed by atoms with E-state index >= 15 is 0 Å². The van der Waals surface area contributed by atoms with Crippen LogP contribution in [-0.2, 0) is 16.1 Å². The smallest absolute Gasteiger partial charge is 0.320 e. The van der Waals surface area contributed by atoms with Gasteiger partial charge in [0.25, 0.3) is 5.69 Å². The average Bonchev–Trinajstić information content (AvgIpc) is 2.54. The number of hydrogen-bond acceptors (Lipinski definition) is 7. The van der Waals surface area contributed by atoms with E-state index in [0.717, 1.165) is 5.56 Å². The van der Waals surface area contributed by atoms with Crippen molar-refractivity contribution in [2.75, 3.05) is 32.8 Å². The van der Waals surface area contributed by atoms with Gasteiger partial charge in [0, 0.05) is 44.4 Å². The number of benzene rings is 1. The Labute approximate surface area is 153 Å². The quantitative estimate of drug-likeness (QED) is 0.462. The predicted octanol–water partition coefficient (Wildman–Crippen LogP) is 1.41. The number of rotatable bonds is 6. The van der Waals surface area contributed by atoms with Crippen molar-refractivity contribution < 1.29 is 19.6 Å². The molecule has 0 bridgehead atoms. The molecule has 8 heteroatoms. The first-order valence-electron chi connectivity index (χ1n) is 8.70. The van der Waals surface area contributed by atoms with Crippen molar-refractivity contribution in [2.24, 2.45) is 0 Å². The Hall–Kier alpha value is -2.03. The largest absolute Gasteiger partial charge is 0.459 e. The number of piperazine rings is 1. The third kappa shape index (κ3) is 6.05. The predicted molar refractivity (Wildman–Crippen MR) is 96.7 cm³/mol. The summed E-state index contributed by atoms with van der Waals surface area (Å²) in [6, 6.07) is 6.40. The molecule has 1 unspecified atom stereocenters. The fourth-order valence-corrected chi connectivity index (χ4v) is 3.04. The summed E-state index contributed by atoms with van der Waals surface area (Å²) >= 11 is 0. The Morgan fingerprint density at radius 3 is 2.73 bits per heavy atom. The van der Waals surface area contributed by atoms with Gasteiger partial charge >= 0.3 is 5.97 Å². The first kappa shape index (κ1) is 20.3. The van der Waals surface area contributed by atoms with Gasteiger partial charge in [-0.2, -0.15) is 0 Å². The van der Waals surface area contributed by atoms with Gasteiger partial charge in [0.05, 0.1) is 18.1 Å². The van der Waals surface area contributed by atoms with E-state index in [2.05, 4.69) is 4.90 Å². The lowest BCUT2D eigenvalue weighted by Gasteiger charge is -2.40. The summed E-state index contributed by atoms with van der Waals surface area (Å²) in [6.45, 7) is 8.05. The van der Waals surface area contributed by atoms with Gasteiger partial charge < -0.3 is 9.84 Å². The van der Waals surface area contributed by atoms with Crippen molar-refractivity contribution >= 4 is 11.7 Å². The summed E-state index contributed by atoms with van der Waals surface area (Å²) in [7, 11) is 0. The van der Waals surface area contributed by atoms with Crippen LogP contribution in [0.4, 0.5) is 5.69 Å². The number of aliphatic hydroxyl groups is 1. The first-order chi connectivity index (χ1) is 12.2. The van der Waals surface area contributed by atoms with E-state index in [9.17, 15) is 20.0 Å². The van der Waals surface area contributed by atoms with Crippen LogP contribution in [0.3, 0.4) is 0 Å². The zero-order valence-electron chi connectivity index (χ0n) is 15.6. The Morgan fingerprint density at radius 1 is 1.38 bits per heavy atom. The maximum absolute atomic E-state index is 12.0. The number of nitro benzene ring substituents is 1. The Morgan fingerprint density at radius 2 is 2.12 bits per heavy atom. The number of carbonyl (C=O) groups excluding carboxylic acids is 1. The molecule has 1 saturated heterocycles. The van der Waals surface area contributed by atoms with Crippen LogP contribution in [0.5, 0.6) is 0 Å². The number of hydrogen-bond donors (Lipinski definition) is 1. The summed E-state index contributed by atoms with van der Waals surface area (Å²) in [5.74, 6) is -0.277.